The van der Waals surface area contributed by atoms with Crippen molar-refractivity contribution >= 4 is 33.5 Å². The summed E-state index contributed by atoms with van der Waals surface area (Å²) in [6.07, 6.45) is -4.42. The largest absolute Gasteiger partial charge is 0.490 e. The number of alkyl halides is 3. The summed E-state index contributed by atoms with van der Waals surface area (Å²) in [7, 11) is -3.41. The molecular weight excluding hydrogens is 523 g/mol. The molecule has 0 saturated carbocycles. The normalized spacial score (nSPS) is 14.4. The van der Waals surface area contributed by atoms with E-state index in [2.05, 4.69) is 5.32 Å². The van der Waals surface area contributed by atoms with E-state index in [1.54, 1.807) is 29.2 Å². The SMILES string of the molecule is O=C(O)C(F)(F)F.O=C(c1ccc(Cl)cc1)N(CCc1ccccc1)CCS(=O)(=O)N1CCNCC1. The van der Waals surface area contributed by atoms with Crippen molar-refractivity contribution in [2.75, 3.05) is 45.0 Å². The highest BCUT2D eigenvalue weighted by Crippen LogP contribution is 2.14. The van der Waals surface area contributed by atoms with Gasteiger partial charge in [0.25, 0.3) is 5.91 Å². The number of halogens is 4. The number of carbonyl (C=O) groups excluding carboxylic acids is 1. The lowest BCUT2D eigenvalue weighted by atomic mass is 10.1. The minimum absolute atomic E-state index is 0.0822. The monoisotopic (exact) mass is 549 g/mol. The maximum Gasteiger partial charge on any atom is 0.490 e. The van der Waals surface area contributed by atoms with Crippen LogP contribution in [-0.4, -0.2) is 85.8 Å². The highest BCUT2D eigenvalue weighted by Gasteiger charge is 2.38. The van der Waals surface area contributed by atoms with Crippen molar-refractivity contribution in [2.24, 2.45) is 0 Å². The molecule has 36 heavy (non-hydrogen) atoms. The summed E-state index contributed by atoms with van der Waals surface area (Å²) in [5, 5.41) is 10.8. The second-order valence-electron chi connectivity index (χ2n) is 7.80. The zero-order valence-corrected chi connectivity index (χ0v) is 20.8. The Morgan fingerprint density at radius 2 is 1.56 bits per heavy atom. The molecule has 1 fully saturated rings. The highest BCUT2D eigenvalue weighted by atomic mass is 35.5. The van der Waals surface area contributed by atoms with Crippen molar-refractivity contribution in [1.29, 1.82) is 0 Å². The molecule has 2 aromatic rings. The van der Waals surface area contributed by atoms with Crippen molar-refractivity contribution in [3.8, 4) is 0 Å². The van der Waals surface area contributed by atoms with Gasteiger partial charge in [-0.2, -0.15) is 17.5 Å². The van der Waals surface area contributed by atoms with E-state index in [0.29, 0.717) is 49.7 Å². The summed E-state index contributed by atoms with van der Waals surface area (Å²) in [6.45, 7) is 2.85. The van der Waals surface area contributed by atoms with Crippen molar-refractivity contribution in [3.63, 3.8) is 0 Å². The summed E-state index contributed by atoms with van der Waals surface area (Å²) >= 11 is 5.93. The third-order valence-corrected chi connectivity index (χ3v) is 7.33. The van der Waals surface area contributed by atoms with E-state index in [4.69, 9.17) is 21.5 Å². The van der Waals surface area contributed by atoms with Crippen LogP contribution in [-0.2, 0) is 21.2 Å². The van der Waals surface area contributed by atoms with Crippen LogP contribution in [0, 0.1) is 0 Å². The van der Waals surface area contributed by atoms with Gasteiger partial charge in [-0.1, -0.05) is 41.9 Å². The molecule has 1 saturated heterocycles. The third kappa shape index (κ3) is 9.76. The number of amides is 1. The van der Waals surface area contributed by atoms with Crippen molar-refractivity contribution in [3.05, 3.63) is 70.7 Å². The van der Waals surface area contributed by atoms with E-state index in [0.717, 1.165) is 5.56 Å². The molecule has 2 N–H and O–H groups in total. The first-order chi connectivity index (χ1) is 16.9. The summed E-state index contributed by atoms with van der Waals surface area (Å²) in [5.41, 5.74) is 1.61. The first-order valence-electron chi connectivity index (χ1n) is 11.0. The Kier molecular flexibility index (Phi) is 11.2. The van der Waals surface area contributed by atoms with Crippen LogP contribution in [0.4, 0.5) is 13.2 Å². The Bertz CT molecular complexity index is 1090. The minimum atomic E-state index is -5.08. The zero-order chi connectivity index (χ0) is 26.8. The van der Waals surface area contributed by atoms with Gasteiger partial charge in [-0.05, 0) is 36.2 Å². The number of hydrogen-bond acceptors (Lipinski definition) is 5. The second kappa shape index (κ2) is 13.6. The fourth-order valence-corrected chi connectivity index (χ4v) is 4.85. The fourth-order valence-electron chi connectivity index (χ4n) is 3.28. The summed E-state index contributed by atoms with van der Waals surface area (Å²) in [4.78, 5) is 23.6. The Hall–Kier alpha value is -2.67. The van der Waals surface area contributed by atoms with Gasteiger partial charge in [-0.25, -0.2) is 13.2 Å². The van der Waals surface area contributed by atoms with E-state index in [9.17, 15) is 26.4 Å². The molecule has 0 aliphatic carbocycles. The maximum absolute atomic E-state index is 13.0. The van der Waals surface area contributed by atoms with Gasteiger partial charge in [0, 0.05) is 49.9 Å². The molecule has 8 nitrogen and oxygen atoms in total. The number of piperazine rings is 1. The van der Waals surface area contributed by atoms with E-state index >= 15 is 0 Å². The third-order valence-electron chi connectivity index (χ3n) is 5.22. The van der Waals surface area contributed by atoms with Gasteiger partial charge < -0.3 is 15.3 Å². The van der Waals surface area contributed by atoms with Crippen LogP contribution in [0.25, 0.3) is 0 Å². The molecule has 0 spiro atoms. The average Bonchev–Trinajstić information content (AvgIpc) is 2.85. The summed E-state index contributed by atoms with van der Waals surface area (Å²) < 4.78 is 58.7. The predicted molar refractivity (Wildman–Crippen MR) is 129 cm³/mol. The van der Waals surface area contributed by atoms with Crippen molar-refractivity contribution in [2.45, 2.75) is 12.6 Å². The van der Waals surface area contributed by atoms with Crippen LogP contribution in [0.3, 0.4) is 0 Å². The zero-order valence-electron chi connectivity index (χ0n) is 19.2. The van der Waals surface area contributed by atoms with Crippen LogP contribution in [0.15, 0.2) is 54.6 Å². The number of carbonyl (C=O) groups is 2. The second-order valence-corrected chi connectivity index (χ2v) is 10.3. The Morgan fingerprint density at radius 3 is 2.08 bits per heavy atom. The van der Waals surface area contributed by atoms with Gasteiger partial charge in [-0.15, -0.1) is 0 Å². The molecule has 3 rings (SSSR count). The van der Waals surface area contributed by atoms with Gasteiger partial charge in [-0.3, -0.25) is 4.79 Å². The Morgan fingerprint density at radius 1 is 1.00 bits per heavy atom. The Labute approximate surface area is 212 Å². The van der Waals surface area contributed by atoms with Gasteiger partial charge in [0.1, 0.15) is 0 Å². The lowest BCUT2D eigenvalue weighted by molar-refractivity contribution is -0.192. The molecule has 198 valence electrons. The number of carboxylic acid groups (broad SMARTS) is 1. The number of sulfonamides is 1. The standard InChI is InChI=1S/C21H26ClN3O3S.C2HF3O2/c22-20-8-6-19(7-9-20)21(26)24(13-10-18-4-2-1-3-5-18)16-17-29(27,28)25-14-11-23-12-15-25;3-2(4,5)1(6)7/h1-9,23H,10-17H2;(H,6,7). The molecule has 0 bridgehead atoms. The maximum atomic E-state index is 13.0. The van der Waals surface area contributed by atoms with Crippen LogP contribution in [0.5, 0.6) is 0 Å². The lowest BCUT2D eigenvalue weighted by Crippen LogP contribution is -2.48. The highest BCUT2D eigenvalue weighted by molar-refractivity contribution is 7.89. The molecule has 1 heterocycles. The number of nitrogens with zero attached hydrogens (tertiary/aromatic N) is 2. The van der Waals surface area contributed by atoms with Crippen LogP contribution in [0.1, 0.15) is 15.9 Å². The molecule has 1 amide bonds. The molecular formula is C23H27ClF3N3O5S. The quantitative estimate of drug-likeness (QED) is 0.524. The van der Waals surface area contributed by atoms with Gasteiger partial charge in [0.15, 0.2) is 0 Å². The van der Waals surface area contributed by atoms with Crippen LogP contribution >= 0.6 is 11.6 Å². The molecule has 0 unspecified atom stereocenters. The first kappa shape index (κ1) is 29.6. The fraction of sp³-hybridized carbons (Fsp3) is 0.391. The van der Waals surface area contributed by atoms with E-state index in [1.807, 2.05) is 30.3 Å². The average molecular weight is 550 g/mol. The summed E-state index contributed by atoms with van der Waals surface area (Å²) in [6, 6.07) is 16.5. The van der Waals surface area contributed by atoms with Crippen LogP contribution in [0.2, 0.25) is 5.02 Å². The van der Waals surface area contributed by atoms with Gasteiger partial charge in [0.05, 0.1) is 5.75 Å². The lowest BCUT2D eigenvalue weighted by Gasteiger charge is -2.28. The van der Waals surface area contributed by atoms with Gasteiger partial charge >= 0.3 is 12.1 Å². The molecule has 0 atom stereocenters. The molecule has 1 aliphatic rings. The topological polar surface area (TPSA) is 107 Å². The predicted octanol–water partition coefficient (Wildman–Crippen LogP) is 2.89. The molecule has 0 radical (unpaired) electrons. The number of rotatable bonds is 8. The summed E-state index contributed by atoms with van der Waals surface area (Å²) in [5.74, 6) is -3.03. The molecule has 1 aliphatic heterocycles. The van der Waals surface area contributed by atoms with E-state index in [1.165, 1.54) is 4.31 Å². The number of hydrogen-bond donors (Lipinski definition) is 2. The Balaban J connectivity index is 0.000000572. The van der Waals surface area contributed by atoms with Crippen molar-refractivity contribution < 1.29 is 36.3 Å². The number of carboxylic acids is 1. The van der Waals surface area contributed by atoms with E-state index in [-0.39, 0.29) is 18.2 Å². The van der Waals surface area contributed by atoms with Crippen molar-refractivity contribution in [1.82, 2.24) is 14.5 Å². The number of aliphatic carboxylic acids is 1. The molecule has 0 aromatic heterocycles. The smallest absolute Gasteiger partial charge is 0.475 e. The number of nitrogens with one attached hydrogen (secondary N) is 1. The molecule has 2 aromatic carbocycles. The van der Waals surface area contributed by atoms with Gasteiger partial charge in [0.2, 0.25) is 10.0 Å². The minimum Gasteiger partial charge on any atom is -0.475 e. The van der Waals surface area contributed by atoms with E-state index < -0.39 is 22.2 Å². The van der Waals surface area contributed by atoms with Crippen LogP contribution < -0.4 is 5.32 Å². The molecule has 13 heteroatoms. The first-order valence-corrected chi connectivity index (χ1v) is 13.0. The number of benzene rings is 2.